The van der Waals surface area contributed by atoms with E-state index in [1.807, 2.05) is 13.8 Å². The van der Waals surface area contributed by atoms with Gasteiger partial charge in [0.05, 0.1) is 11.3 Å². The first-order chi connectivity index (χ1) is 8.58. The zero-order chi connectivity index (χ0) is 13.3. The van der Waals surface area contributed by atoms with E-state index in [4.69, 9.17) is 5.11 Å². The van der Waals surface area contributed by atoms with E-state index >= 15 is 0 Å². The number of aromatic nitrogens is 1. The maximum absolute atomic E-state index is 11.8. The topological polar surface area (TPSA) is 70.2 Å². The van der Waals surface area contributed by atoms with E-state index in [9.17, 15) is 9.59 Å². The smallest absolute Gasteiger partial charge is 0.335 e. The fraction of sp³-hybridized carbons (Fsp3) is 0.286. The van der Waals surface area contributed by atoms with Crippen molar-refractivity contribution in [3.05, 3.63) is 35.0 Å². The van der Waals surface area contributed by atoms with Crippen LogP contribution >= 0.6 is 0 Å². The predicted molar refractivity (Wildman–Crippen MR) is 69.3 cm³/mol. The van der Waals surface area contributed by atoms with Crippen molar-refractivity contribution in [2.75, 3.05) is 0 Å². The van der Waals surface area contributed by atoms with Gasteiger partial charge in [-0.2, -0.15) is 0 Å². The van der Waals surface area contributed by atoms with E-state index in [2.05, 4.69) is 4.98 Å². The summed E-state index contributed by atoms with van der Waals surface area (Å²) < 4.78 is 0. The standard InChI is InChI=1S/C14H15NO3/c1-3-9-10-6-5-8(14(17)18)7-11(10)15-13(9)12(16)4-2/h5-7,15H,3-4H2,1-2H3,(H,17,18). The third-order valence-electron chi connectivity index (χ3n) is 3.11. The van der Waals surface area contributed by atoms with Crippen molar-refractivity contribution in [2.24, 2.45) is 0 Å². The number of hydrogen-bond donors (Lipinski definition) is 2. The molecule has 0 bridgehead atoms. The maximum atomic E-state index is 11.8. The minimum absolute atomic E-state index is 0.0555. The number of aromatic amines is 1. The number of fused-ring (bicyclic) bond motifs is 1. The zero-order valence-electron chi connectivity index (χ0n) is 10.4. The van der Waals surface area contributed by atoms with Crippen LogP contribution in [0.15, 0.2) is 18.2 Å². The third kappa shape index (κ3) is 1.90. The van der Waals surface area contributed by atoms with Gasteiger partial charge < -0.3 is 10.1 Å². The van der Waals surface area contributed by atoms with Crippen molar-refractivity contribution < 1.29 is 14.7 Å². The first kappa shape index (κ1) is 12.4. The van der Waals surface area contributed by atoms with Crippen molar-refractivity contribution in [3.63, 3.8) is 0 Å². The van der Waals surface area contributed by atoms with Gasteiger partial charge in [-0.25, -0.2) is 4.79 Å². The molecule has 0 aliphatic heterocycles. The van der Waals surface area contributed by atoms with Crippen LogP contribution in [0.1, 0.15) is 46.7 Å². The number of nitrogens with one attached hydrogen (secondary N) is 1. The molecule has 0 aliphatic rings. The number of aromatic carboxylic acids is 1. The monoisotopic (exact) mass is 245 g/mol. The van der Waals surface area contributed by atoms with Crippen LogP contribution in [0.3, 0.4) is 0 Å². The molecule has 2 aromatic rings. The second-order valence-corrected chi connectivity index (χ2v) is 4.17. The molecule has 2 N–H and O–H groups in total. The summed E-state index contributed by atoms with van der Waals surface area (Å²) in [6.45, 7) is 3.80. The minimum atomic E-state index is -0.965. The quantitative estimate of drug-likeness (QED) is 0.813. The summed E-state index contributed by atoms with van der Waals surface area (Å²) in [5.74, 6) is -0.909. The lowest BCUT2D eigenvalue weighted by atomic mass is 10.0. The van der Waals surface area contributed by atoms with Gasteiger partial charge in [-0.05, 0) is 24.1 Å². The lowest BCUT2D eigenvalue weighted by molar-refractivity contribution is 0.0697. The predicted octanol–water partition coefficient (Wildman–Crippen LogP) is 3.02. The largest absolute Gasteiger partial charge is 0.478 e. The molecule has 0 atom stereocenters. The second kappa shape index (κ2) is 4.64. The molecular weight excluding hydrogens is 230 g/mol. The van der Waals surface area contributed by atoms with Crippen LogP contribution in [0.4, 0.5) is 0 Å². The molecule has 4 nitrogen and oxygen atoms in total. The van der Waals surface area contributed by atoms with Gasteiger partial charge in [0.2, 0.25) is 0 Å². The Kier molecular flexibility index (Phi) is 3.19. The molecule has 0 amide bonds. The van der Waals surface area contributed by atoms with Gasteiger partial charge in [0, 0.05) is 17.3 Å². The molecule has 18 heavy (non-hydrogen) atoms. The Labute approximate surface area is 105 Å². The molecule has 4 heteroatoms. The number of rotatable bonds is 4. The van der Waals surface area contributed by atoms with Gasteiger partial charge in [0.1, 0.15) is 0 Å². The molecule has 0 radical (unpaired) electrons. The number of carboxylic acid groups (broad SMARTS) is 1. The Morgan fingerprint density at radius 1 is 1.28 bits per heavy atom. The Bertz CT molecular complexity index is 625. The molecule has 0 fully saturated rings. The number of benzene rings is 1. The highest BCUT2D eigenvalue weighted by Crippen LogP contribution is 2.25. The summed E-state index contributed by atoms with van der Waals surface area (Å²) in [6, 6.07) is 4.90. The molecule has 0 aliphatic carbocycles. The molecule has 1 aromatic carbocycles. The van der Waals surface area contributed by atoms with Gasteiger partial charge in [-0.15, -0.1) is 0 Å². The van der Waals surface area contributed by atoms with Crippen molar-refractivity contribution in [1.82, 2.24) is 4.98 Å². The van der Waals surface area contributed by atoms with Crippen LogP contribution in [-0.4, -0.2) is 21.8 Å². The molecular formula is C14H15NO3. The van der Waals surface area contributed by atoms with E-state index in [0.717, 1.165) is 17.4 Å². The molecule has 0 saturated heterocycles. The van der Waals surface area contributed by atoms with Gasteiger partial charge in [-0.1, -0.05) is 19.9 Å². The summed E-state index contributed by atoms with van der Waals surface area (Å²) in [6.07, 6.45) is 1.18. The average Bonchev–Trinajstić information content (AvgIpc) is 2.74. The molecule has 0 unspecified atom stereocenters. The Hall–Kier alpha value is -2.10. The summed E-state index contributed by atoms with van der Waals surface area (Å²) in [5, 5.41) is 9.88. The van der Waals surface area contributed by atoms with Gasteiger partial charge in [-0.3, -0.25) is 4.79 Å². The summed E-state index contributed by atoms with van der Waals surface area (Å²) >= 11 is 0. The van der Waals surface area contributed by atoms with Crippen molar-refractivity contribution in [1.29, 1.82) is 0 Å². The van der Waals surface area contributed by atoms with Crippen LogP contribution < -0.4 is 0 Å². The van der Waals surface area contributed by atoms with E-state index in [0.29, 0.717) is 17.6 Å². The Morgan fingerprint density at radius 2 is 2.00 bits per heavy atom. The first-order valence-electron chi connectivity index (χ1n) is 5.99. The number of carbonyl (C=O) groups is 2. The fourth-order valence-electron chi connectivity index (χ4n) is 2.17. The van der Waals surface area contributed by atoms with E-state index in [-0.39, 0.29) is 11.3 Å². The summed E-state index contributed by atoms with van der Waals surface area (Å²) in [5.41, 5.74) is 2.51. The molecule has 0 saturated carbocycles. The molecule has 2 rings (SSSR count). The number of H-pyrrole nitrogens is 1. The first-order valence-corrected chi connectivity index (χ1v) is 5.99. The molecule has 94 valence electrons. The summed E-state index contributed by atoms with van der Waals surface area (Å²) in [7, 11) is 0. The minimum Gasteiger partial charge on any atom is -0.478 e. The average molecular weight is 245 g/mol. The molecule has 1 aromatic heterocycles. The Morgan fingerprint density at radius 3 is 2.56 bits per heavy atom. The zero-order valence-corrected chi connectivity index (χ0v) is 10.4. The molecule has 0 spiro atoms. The highest BCUT2D eigenvalue weighted by Gasteiger charge is 2.16. The van der Waals surface area contributed by atoms with Crippen molar-refractivity contribution in [3.8, 4) is 0 Å². The SMILES string of the molecule is CCC(=O)c1[nH]c2cc(C(=O)O)ccc2c1CC. The Balaban J connectivity index is 2.68. The van der Waals surface area contributed by atoms with Crippen LogP contribution in [0, 0.1) is 0 Å². The van der Waals surface area contributed by atoms with Gasteiger partial charge >= 0.3 is 5.97 Å². The van der Waals surface area contributed by atoms with Crippen LogP contribution in [0.25, 0.3) is 10.9 Å². The third-order valence-corrected chi connectivity index (χ3v) is 3.11. The lowest BCUT2D eigenvalue weighted by Gasteiger charge is -1.98. The highest BCUT2D eigenvalue weighted by molar-refractivity contribution is 6.03. The number of hydrogen-bond acceptors (Lipinski definition) is 2. The second-order valence-electron chi connectivity index (χ2n) is 4.17. The van der Waals surface area contributed by atoms with Gasteiger partial charge in [0.15, 0.2) is 5.78 Å². The maximum Gasteiger partial charge on any atom is 0.335 e. The number of aryl methyl sites for hydroxylation is 1. The van der Waals surface area contributed by atoms with Crippen molar-refractivity contribution >= 4 is 22.7 Å². The lowest BCUT2D eigenvalue weighted by Crippen LogP contribution is -2.00. The number of carbonyl (C=O) groups excluding carboxylic acids is 1. The normalized spacial score (nSPS) is 10.8. The van der Waals surface area contributed by atoms with Crippen LogP contribution in [-0.2, 0) is 6.42 Å². The number of ketones is 1. The van der Waals surface area contributed by atoms with Crippen molar-refractivity contribution in [2.45, 2.75) is 26.7 Å². The number of carboxylic acids is 1. The fourth-order valence-corrected chi connectivity index (χ4v) is 2.17. The highest BCUT2D eigenvalue weighted by atomic mass is 16.4. The van der Waals surface area contributed by atoms with E-state index < -0.39 is 5.97 Å². The summed E-state index contributed by atoms with van der Waals surface area (Å²) in [4.78, 5) is 25.8. The van der Waals surface area contributed by atoms with E-state index in [1.165, 1.54) is 0 Å². The van der Waals surface area contributed by atoms with E-state index in [1.54, 1.807) is 18.2 Å². The molecule has 1 heterocycles. The van der Waals surface area contributed by atoms with Crippen LogP contribution in [0.2, 0.25) is 0 Å². The number of Topliss-reactive ketones (excluding diaryl/α,β-unsaturated/α-hetero) is 1. The van der Waals surface area contributed by atoms with Crippen LogP contribution in [0.5, 0.6) is 0 Å². The van der Waals surface area contributed by atoms with Gasteiger partial charge in [0.25, 0.3) is 0 Å².